The third-order valence-electron chi connectivity index (χ3n) is 3.54. The zero-order chi connectivity index (χ0) is 20.3. The minimum atomic E-state index is -1.44. The van der Waals surface area contributed by atoms with Gasteiger partial charge in [0.2, 0.25) is 6.08 Å². The number of carbonyl (C=O) groups is 2. The Morgan fingerprint density at radius 2 is 1.93 bits per heavy atom. The number of carbonyl (C=O) groups excluding carboxylic acids is 2. The molecular weight excluding hydrogens is 352 g/mol. The van der Waals surface area contributed by atoms with E-state index in [-0.39, 0.29) is 18.6 Å². The van der Waals surface area contributed by atoms with Crippen LogP contribution in [0, 0.1) is 0 Å². The van der Waals surface area contributed by atoms with E-state index in [2.05, 4.69) is 10.3 Å². The molecule has 0 bridgehead atoms. The number of rotatable bonds is 10. The molecule has 0 radical (unpaired) electrons. The molecule has 0 fully saturated rings. The Bertz CT molecular complexity index is 648. The van der Waals surface area contributed by atoms with Crippen molar-refractivity contribution < 1.29 is 29.0 Å². The first kappa shape index (κ1) is 22.3. The number of nitrogens with one attached hydrogen (secondary N) is 1. The number of aliphatic imine (C=N–C) groups is 1. The van der Waals surface area contributed by atoms with Crippen LogP contribution in [0.1, 0.15) is 39.2 Å². The molecule has 0 saturated heterocycles. The van der Waals surface area contributed by atoms with E-state index in [1.54, 1.807) is 12.1 Å². The van der Waals surface area contributed by atoms with E-state index in [1.807, 2.05) is 39.0 Å². The van der Waals surface area contributed by atoms with Crippen molar-refractivity contribution in [3.05, 3.63) is 35.9 Å². The van der Waals surface area contributed by atoms with Crippen LogP contribution in [0.2, 0.25) is 0 Å². The molecule has 1 aromatic carbocycles. The Morgan fingerprint density at radius 3 is 2.48 bits per heavy atom. The van der Waals surface area contributed by atoms with Gasteiger partial charge < -0.3 is 19.9 Å². The van der Waals surface area contributed by atoms with Gasteiger partial charge in [-0.1, -0.05) is 30.3 Å². The van der Waals surface area contributed by atoms with Crippen molar-refractivity contribution in [2.45, 2.75) is 57.9 Å². The van der Waals surface area contributed by atoms with Crippen molar-refractivity contribution in [3.8, 4) is 0 Å². The van der Waals surface area contributed by atoms with Crippen LogP contribution in [0.5, 0.6) is 0 Å². The number of alkyl carbamates (subject to hydrolysis) is 1. The first-order valence-corrected chi connectivity index (χ1v) is 8.64. The van der Waals surface area contributed by atoms with Crippen LogP contribution in [-0.4, -0.2) is 47.5 Å². The lowest BCUT2D eigenvalue weighted by molar-refractivity contribution is -0.139. The molecule has 0 aliphatic carbocycles. The fourth-order valence-electron chi connectivity index (χ4n) is 2.28. The molecule has 2 N–H and O–H groups in total. The van der Waals surface area contributed by atoms with E-state index in [9.17, 15) is 19.5 Å². The number of isocyanates is 1. The number of nitrogens with zero attached hydrogens (tertiary/aromatic N) is 1. The molecule has 0 aromatic heterocycles. The Morgan fingerprint density at radius 1 is 1.26 bits per heavy atom. The van der Waals surface area contributed by atoms with Gasteiger partial charge in [0.05, 0.1) is 11.6 Å². The molecule has 1 unspecified atom stereocenters. The summed E-state index contributed by atoms with van der Waals surface area (Å²) in [6.07, 6.45) is 1.18. The van der Waals surface area contributed by atoms with E-state index in [0.29, 0.717) is 13.0 Å². The van der Waals surface area contributed by atoms with Crippen LogP contribution in [0.4, 0.5) is 4.79 Å². The highest BCUT2D eigenvalue weighted by Crippen LogP contribution is 2.12. The molecular formula is C19H26N2O6. The van der Waals surface area contributed by atoms with Gasteiger partial charge in [0.1, 0.15) is 6.61 Å². The van der Waals surface area contributed by atoms with Crippen LogP contribution in [-0.2, 0) is 25.7 Å². The smallest absolute Gasteiger partial charge is 0.407 e. The number of hydrogen-bond acceptors (Lipinski definition) is 6. The van der Waals surface area contributed by atoms with Crippen molar-refractivity contribution in [2.24, 2.45) is 4.99 Å². The zero-order valence-electron chi connectivity index (χ0n) is 15.8. The third-order valence-corrected chi connectivity index (χ3v) is 3.54. The van der Waals surface area contributed by atoms with Crippen molar-refractivity contribution in [2.75, 3.05) is 6.61 Å². The van der Waals surface area contributed by atoms with Crippen LogP contribution < -0.4 is 5.32 Å². The molecule has 8 nitrogen and oxygen atoms in total. The maximum absolute atomic E-state index is 12.1. The van der Waals surface area contributed by atoms with E-state index in [0.717, 1.165) is 5.56 Å². The predicted molar refractivity (Wildman–Crippen MR) is 98.0 cm³/mol. The highest BCUT2D eigenvalue weighted by Gasteiger charge is 2.29. The quantitative estimate of drug-likeness (QED) is 0.367. The van der Waals surface area contributed by atoms with Gasteiger partial charge in [-0.25, -0.2) is 14.4 Å². The lowest BCUT2D eigenvalue weighted by Gasteiger charge is -2.23. The van der Waals surface area contributed by atoms with E-state index in [4.69, 9.17) is 9.47 Å². The highest BCUT2D eigenvalue weighted by atomic mass is 16.5. The molecule has 0 aliphatic rings. The first-order valence-electron chi connectivity index (χ1n) is 8.64. The average Bonchev–Trinajstić information content (AvgIpc) is 2.60. The summed E-state index contributed by atoms with van der Waals surface area (Å²) in [5.41, 5.74) is 0.466. The largest absolute Gasteiger partial charge is 0.480 e. The number of aliphatic carboxylic acids is 1. The maximum Gasteiger partial charge on any atom is 0.407 e. The summed E-state index contributed by atoms with van der Waals surface area (Å²) in [5.74, 6) is -1.33. The second-order valence-electron chi connectivity index (χ2n) is 6.92. The fraction of sp³-hybridized carbons (Fsp3) is 0.526. The number of amides is 1. The molecule has 1 aromatic rings. The van der Waals surface area contributed by atoms with Crippen LogP contribution in [0.3, 0.4) is 0 Å². The molecule has 8 heteroatoms. The number of carboxylic acid groups (broad SMARTS) is 1. The Hall–Kier alpha value is -2.70. The summed E-state index contributed by atoms with van der Waals surface area (Å²) in [6.45, 7) is 6.13. The SMILES string of the molecule is CC(C)(C)OCCC[C@H](NC(=O)OCc1ccccc1)C(N=C=O)C(=O)O. The van der Waals surface area contributed by atoms with Crippen molar-refractivity contribution in [1.82, 2.24) is 5.32 Å². The van der Waals surface area contributed by atoms with Gasteiger partial charge in [-0.3, -0.25) is 0 Å². The lowest BCUT2D eigenvalue weighted by atomic mass is 10.0. The lowest BCUT2D eigenvalue weighted by Crippen LogP contribution is -2.46. The van der Waals surface area contributed by atoms with Crippen LogP contribution in [0.25, 0.3) is 0 Å². The number of ether oxygens (including phenoxy) is 2. The monoisotopic (exact) mass is 378 g/mol. The fourth-order valence-corrected chi connectivity index (χ4v) is 2.28. The second-order valence-corrected chi connectivity index (χ2v) is 6.92. The van der Waals surface area contributed by atoms with Crippen LogP contribution in [0.15, 0.2) is 35.3 Å². The maximum atomic E-state index is 12.1. The number of benzene rings is 1. The van der Waals surface area contributed by atoms with Crippen LogP contribution >= 0.6 is 0 Å². The summed E-state index contributed by atoms with van der Waals surface area (Å²) in [6, 6.07) is 6.70. The molecule has 0 heterocycles. The highest BCUT2D eigenvalue weighted by molar-refractivity contribution is 5.77. The zero-order valence-corrected chi connectivity index (χ0v) is 15.8. The Balaban J connectivity index is 2.66. The molecule has 148 valence electrons. The number of hydrogen-bond donors (Lipinski definition) is 2. The van der Waals surface area contributed by atoms with Crippen molar-refractivity contribution >= 4 is 18.1 Å². The second kappa shape index (κ2) is 11.1. The number of carboxylic acids is 1. The topological polar surface area (TPSA) is 114 Å². The minimum Gasteiger partial charge on any atom is -0.480 e. The van der Waals surface area contributed by atoms with Gasteiger partial charge >= 0.3 is 12.1 Å². The average molecular weight is 378 g/mol. The summed E-state index contributed by atoms with van der Waals surface area (Å²) in [5, 5.41) is 11.8. The van der Waals surface area contributed by atoms with E-state index >= 15 is 0 Å². The molecule has 1 amide bonds. The molecule has 27 heavy (non-hydrogen) atoms. The first-order chi connectivity index (χ1) is 12.7. The van der Waals surface area contributed by atoms with Gasteiger partial charge in [0, 0.05) is 6.61 Å². The van der Waals surface area contributed by atoms with E-state index < -0.39 is 24.1 Å². The van der Waals surface area contributed by atoms with Gasteiger partial charge in [-0.15, -0.1) is 0 Å². The summed E-state index contributed by atoms with van der Waals surface area (Å²) in [7, 11) is 0. The predicted octanol–water partition coefficient (Wildman–Crippen LogP) is 2.67. The standard InChI is InChI=1S/C19H26N2O6/c1-19(2,3)27-11-7-10-15(16(17(23)24)20-13-22)21-18(25)26-12-14-8-5-4-6-9-14/h4-6,8-9,15-16H,7,10-12H2,1-3H3,(H,21,25)(H,23,24)/t15-,16?/m0/s1. The summed E-state index contributed by atoms with van der Waals surface area (Å²) in [4.78, 5) is 37.3. The normalized spacial score (nSPS) is 13.1. The minimum absolute atomic E-state index is 0.0429. The van der Waals surface area contributed by atoms with Gasteiger partial charge in [0.15, 0.2) is 6.04 Å². The van der Waals surface area contributed by atoms with Gasteiger partial charge in [-0.05, 0) is 39.2 Å². The Kier molecular flexibility index (Phi) is 9.19. The Labute approximate surface area is 158 Å². The van der Waals surface area contributed by atoms with E-state index in [1.165, 1.54) is 6.08 Å². The molecule has 0 spiro atoms. The van der Waals surface area contributed by atoms with Crippen molar-refractivity contribution in [3.63, 3.8) is 0 Å². The molecule has 1 rings (SSSR count). The molecule has 0 aliphatic heterocycles. The van der Waals surface area contributed by atoms with Gasteiger partial charge in [-0.2, -0.15) is 4.99 Å². The van der Waals surface area contributed by atoms with Crippen molar-refractivity contribution in [1.29, 1.82) is 0 Å². The summed E-state index contributed by atoms with van der Waals surface area (Å²) >= 11 is 0. The summed E-state index contributed by atoms with van der Waals surface area (Å²) < 4.78 is 10.7. The molecule has 2 atom stereocenters. The third kappa shape index (κ3) is 9.53. The molecule has 0 saturated carbocycles. The van der Waals surface area contributed by atoms with Gasteiger partial charge in [0.25, 0.3) is 0 Å².